The molecule has 0 N–H and O–H groups in total. The summed E-state index contributed by atoms with van der Waals surface area (Å²) < 4.78 is 28.3. The first-order valence-corrected chi connectivity index (χ1v) is 14.2. The van der Waals surface area contributed by atoms with Crippen LogP contribution in [0.1, 0.15) is 37.8 Å². The van der Waals surface area contributed by atoms with Gasteiger partial charge < -0.3 is 9.80 Å². The summed E-state index contributed by atoms with van der Waals surface area (Å²) in [6.45, 7) is 5.18. The lowest BCUT2D eigenvalue weighted by atomic mass is 9.93. The predicted octanol–water partition coefficient (Wildman–Crippen LogP) is 2.70. The molecular weight excluding hydrogens is 462 g/mol. The number of aromatic nitrogens is 1. The van der Waals surface area contributed by atoms with Crippen LogP contribution in [-0.2, 0) is 14.8 Å². The van der Waals surface area contributed by atoms with E-state index < -0.39 is 16.1 Å². The van der Waals surface area contributed by atoms with Crippen LogP contribution in [0.3, 0.4) is 0 Å². The van der Waals surface area contributed by atoms with Gasteiger partial charge in [-0.3, -0.25) is 9.69 Å². The van der Waals surface area contributed by atoms with Gasteiger partial charge in [0, 0.05) is 44.5 Å². The van der Waals surface area contributed by atoms with Crippen molar-refractivity contribution in [2.24, 2.45) is 0 Å². The normalized spacial score (nSPS) is 23.1. The maximum atomic E-state index is 13.8. The van der Waals surface area contributed by atoms with Crippen molar-refractivity contribution in [1.82, 2.24) is 19.1 Å². The first-order valence-electron chi connectivity index (χ1n) is 12.7. The number of benzene rings is 1. The quantitative estimate of drug-likeness (QED) is 0.632. The lowest BCUT2D eigenvalue weighted by Crippen LogP contribution is -2.56. The van der Waals surface area contributed by atoms with Crippen molar-refractivity contribution < 1.29 is 13.2 Å². The third-order valence-electron chi connectivity index (χ3n) is 7.60. The summed E-state index contributed by atoms with van der Waals surface area (Å²) in [6.07, 6.45) is 5.53. The zero-order valence-corrected chi connectivity index (χ0v) is 21.2. The predicted molar refractivity (Wildman–Crippen MR) is 135 cm³/mol. The summed E-state index contributed by atoms with van der Waals surface area (Å²) in [5.41, 5.74) is 0.981. The summed E-state index contributed by atoms with van der Waals surface area (Å²) in [4.78, 5) is 25.0. The Kier molecular flexibility index (Phi) is 7.09. The molecule has 1 saturated carbocycles. The van der Waals surface area contributed by atoms with Crippen molar-refractivity contribution >= 4 is 21.7 Å². The maximum Gasteiger partial charge on any atom is 0.244 e. The van der Waals surface area contributed by atoms with E-state index in [1.165, 1.54) is 10.7 Å². The fourth-order valence-electron chi connectivity index (χ4n) is 5.63. The zero-order chi connectivity index (χ0) is 24.4. The van der Waals surface area contributed by atoms with Gasteiger partial charge >= 0.3 is 0 Å². The summed E-state index contributed by atoms with van der Waals surface area (Å²) in [5, 5.41) is 0. The van der Waals surface area contributed by atoms with Crippen molar-refractivity contribution in [1.29, 1.82) is 0 Å². The number of piperazine rings is 1. The molecule has 2 aromatic rings. The second-order valence-electron chi connectivity index (χ2n) is 9.87. The number of pyridine rings is 1. The van der Waals surface area contributed by atoms with Gasteiger partial charge in [0.25, 0.3) is 0 Å². The van der Waals surface area contributed by atoms with E-state index in [1.807, 2.05) is 36.1 Å². The minimum absolute atomic E-state index is 0.0539. The van der Waals surface area contributed by atoms with Gasteiger partial charge in [0.15, 0.2) is 0 Å². The number of carbonyl (C=O) groups excluding carboxylic acids is 1. The molecule has 3 aliphatic rings. The minimum atomic E-state index is -3.65. The highest BCUT2D eigenvalue weighted by molar-refractivity contribution is 7.89. The Morgan fingerprint density at radius 3 is 2.31 bits per heavy atom. The minimum Gasteiger partial charge on any atom is -0.353 e. The van der Waals surface area contributed by atoms with Crippen molar-refractivity contribution in [3.8, 4) is 0 Å². The van der Waals surface area contributed by atoms with Gasteiger partial charge in [0.2, 0.25) is 15.9 Å². The van der Waals surface area contributed by atoms with Crippen LogP contribution in [0.25, 0.3) is 0 Å². The van der Waals surface area contributed by atoms with Crippen LogP contribution in [-0.4, -0.2) is 84.9 Å². The van der Waals surface area contributed by atoms with Gasteiger partial charge in [-0.25, -0.2) is 13.4 Å². The molecule has 3 heterocycles. The SMILES string of the molecule is Cc1cccc(N2CCN(C(=O)C3CN(S(=O)(=O)c4ccccc4)CN3C3CCCCC3)CC2)n1. The Morgan fingerprint density at radius 1 is 0.914 bits per heavy atom. The average molecular weight is 498 g/mol. The average Bonchev–Trinajstić information content (AvgIpc) is 3.36. The number of hydrogen-bond donors (Lipinski definition) is 0. The number of carbonyl (C=O) groups is 1. The monoisotopic (exact) mass is 497 g/mol. The molecule has 0 bridgehead atoms. The lowest BCUT2D eigenvalue weighted by molar-refractivity contribution is -0.136. The van der Waals surface area contributed by atoms with Crippen LogP contribution < -0.4 is 4.90 Å². The van der Waals surface area contributed by atoms with E-state index in [4.69, 9.17) is 0 Å². The Morgan fingerprint density at radius 2 is 1.63 bits per heavy atom. The molecule has 1 atom stereocenters. The van der Waals surface area contributed by atoms with E-state index >= 15 is 0 Å². The van der Waals surface area contributed by atoms with Crippen molar-refractivity contribution in [2.75, 3.05) is 44.3 Å². The summed E-state index contributed by atoms with van der Waals surface area (Å²) in [6, 6.07) is 14.4. The van der Waals surface area contributed by atoms with Gasteiger partial charge in [-0.05, 0) is 44.0 Å². The summed E-state index contributed by atoms with van der Waals surface area (Å²) >= 11 is 0. The Labute approximate surface area is 208 Å². The van der Waals surface area contributed by atoms with E-state index in [0.29, 0.717) is 13.1 Å². The van der Waals surface area contributed by atoms with E-state index in [1.54, 1.807) is 24.3 Å². The van der Waals surface area contributed by atoms with Crippen LogP contribution in [0.5, 0.6) is 0 Å². The Hall–Kier alpha value is -2.49. The third kappa shape index (κ3) is 5.08. The van der Waals surface area contributed by atoms with E-state index in [9.17, 15) is 13.2 Å². The molecule has 5 rings (SSSR count). The highest BCUT2D eigenvalue weighted by Gasteiger charge is 2.45. The smallest absolute Gasteiger partial charge is 0.244 e. The molecule has 9 heteroatoms. The molecule has 1 unspecified atom stereocenters. The molecule has 3 fully saturated rings. The highest BCUT2D eigenvalue weighted by atomic mass is 32.2. The van der Waals surface area contributed by atoms with Crippen LogP contribution >= 0.6 is 0 Å². The van der Waals surface area contributed by atoms with Crippen molar-refractivity contribution in [3.05, 3.63) is 54.2 Å². The Balaban J connectivity index is 1.32. The van der Waals surface area contributed by atoms with Gasteiger partial charge in [0.1, 0.15) is 11.9 Å². The number of aryl methyl sites for hydroxylation is 1. The fourth-order valence-corrected chi connectivity index (χ4v) is 7.05. The second-order valence-corrected chi connectivity index (χ2v) is 11.8. The van der Waals surface area contributed by atoms with Crippen molar-refractivity contribution in [3.63, 3.8) is 0 Å². The van der Waals surface area contributed by atoms with Crippen LogP contribution in [0, 0.1) is 6.92 Å². The molecule has 1 aliphatic carbocycles. The Bertz CT molecular complexity index is 1130. The number of nitrogens with zero attached hydrogens (tertiary/aromatic N) is 5. The first kappa shape index (κ1) is 24.2. The topological polar surface area (TPSA) is 77.1 Å². The fraction of sp³-hybridized carbons (Fsp3) is 0.538. The highest BCUT2D eigenvalue weighted by Crippen LogP contribution is 2.31. The molecule has 188 valence electrons. The lowest BCUT2D eigenvalue weighted by Gasteiger charge is -2.39. The zero-order valence-electron chi connectivity index (χ0n) is 20.4. The molecule has 1 aromatic carbocycles. The van der Waals surface area contributed by atoms with Gasteiger partial charge in [-0.15, -0.1) is 0 Å². The molecule has 2 aliphatic heterocycles. The van der Waals surface area contributed by atoms with Crippen LogP contribution in [0.15, 0.2) is 53.4 Å². The number of hydrogen-bond acceptors (Lipinski definition) is 6. The van der Waals surface area contributed by atoms with Crippen LogP contribution in [0.4, 0.5) is 5.82 Å². The molecule has 1 amide bonds. The standard InChI is InChI=1S/C26H35N5O3S/c1-21-9-8-14-25(27-21)28-15-17-29(18-16-28)26(32)24-19-30(20-31(24)22-10-4-2-5-11-22)35(33,34)23-12-6-3-7-13-23/h3,6-9,12-14,22,24H,2,4-5,10-11,15-20H2,1H3. The third-order valence-corrected chi connectivity index (χ3v) is 9.41. The molecular formula is C26H35N5O3S. The number of rotatable bonds is 5. The van der Waals surface area contributed by atoms with Crippen LogP contribution in [0.2, 0.25) is 0 Å². The number of amides is 1. The molecule has 0 radical (unpaired) electrons. The number of anilines is 1. The largest absolute Gasteiger partial charge is 0.353 e. The second kappa shape index (κ2) is 10.2. The first-order chi connectivity index (χ1) is 16.9. The van der Waals surface area contributed by atoms with Crippen molar-refractivity contribution in [2.45, 2.75) is 56.0 Å². The van der Waals surface area contributed by atoms with Gasteiger partial charge in [0.05, 0.1) is 11.6 Å². The molecule has 2 saturated heterocycles. The molecule has 35 heavy (non-hydrogen) atoms. The molecule has 1 aromatic heterocycles. The van der Waals surface area contributed by atoms with Gasteiger partial charge in [-0.1, -0.05) is 43.5 Å². The number of sulfonamides is 1. The maximum absolute atomic E-state index is 13.8. The molecule has 0 spiro atoms. The molecule has 8 nitrogen and oxygen atoms in total. The van der Waals surface area contributed by atoms with E-state index in [-0.39, 0.29) is 30.1 Å². The van der Waals surface area contributed by atoms with E-state index in [0.717, 1.165) is 50.3 Å². The summed E-state index contributed by atoms with van der Waals surface area (Å²) in [7, 11) is -3.65. The summed E-state index contributed by atoms with van der Waals surface area (Å²) in [5.74, 6) is 1.00. The van der Waals surface area contributed by atoms with Gasteiger partial charge in [-0.2, -0.15) is 4.31 Å². The van der Waals surface area contributed by atoms with E-state index in [2.05, 4.69) is 14.8 Å².